The van der Waals surface area contributed by atoms with Gasteiger partial charge in [0.1, 0.15) is 0 Å². The Labute approximate surface area is 135 Å². The van der Waals surface area contributed by atoms with Crippen LogP contribution in [0.4, 0.5) is 0 Å². The number of carbonyl (C=O) groups excluding carboxylic acids is 1. The number of fused-ring (bicyclic) bond motifs is 1. The van der Waals surface area contributed by atoms with Crippen molar-refractivity contribution in [1.29, 1.82) is 0 Å². The van der Waals surface area contributed by atoms with E-state index in [1.807, 2.05) is 45.0 Å². The van der Waals surface area contributed by atoms with Gasteiger partial charge in [0.15, 0.2) is 0 Å². The van der Waals surface area contributed by atoms with E-state index in [1.54, 1.807) is 0 Å². The molecule has 3 rings (SSSR count). The SMILES string of the molecule is Cc1cc(C[C@@H](C)NC(=O)Cc2c(C)[nH]c3ccccc23)n[nH]1. The molecule has 0 radical (unpaired) electrons. The third-order valence-electron chi connectivity index (χ3n) is 4.05. The Kier molecular flexibility index (Phi) is 4.19. The Hall–Kier alpha value is -2.56. The molecule has 1 atom stereocenters. The molecule has 0 aliphatic heterocycles. The summed E-state index contributed by atoms with van der Waals surface area (Å²) in [5.74, 6) is 0.0395. The minimum Gasteiger partial charge on any atom is -0.358 e. The second-order valence-electron chi connectivity index (χ2n) is 6.17. The van der Waals surface area contributed by atoms with Gasteiger partial charge in [-0.15, -0.1) is 0 Å². The molecule has 3 N–H and O–H groups in total. The summed E-state index contributed by atoms with van der Waals surface area (Å²) in [7, 11) is 0. The van der Waals surface area contributed by atoms with Gasteiger partial charge in [0.2, 0.25) is 5.91 Å². The number of aromatic amines is 2. The van der Waals surface area contributed by atoms with E-state index in [-0.39, 0.29) is 11.9 Å². The number of amides is 1. The molecule has 5 nitrogen and oxygen atoms in total. The number of aryl methyl sites for hydroxylation is 2. The van der Waals surface area contributed by atoms with Crippen LogP contribution in [0.2, 0.25) is 0 Å². The first-order chi connectivity index (χ1) is 11.0. The van der Waals surface area contributed by atoms with E-state index in [9.17, 15) is 4.79 Å². The lowest BCUT2D eigenvalue weighted by atomic mass is 10.1. The number of aromatic nitrogens is 3. The number of rotatable bonds is 5. The highest BCUT2D eigenvalue weighted by Gasteiger charge is 2.14. The van der Waals surface area contributed by atoms with Crippen molar-refractivity contribution in [3.8, 4) is 0 Å². The third kappa shape index (κ3) is 3.44. The van der Waals surface area contributed by atoms with Gasteiger partial charge < -0.3 is 10.3 Å². The fourth-order valence-corrected chi connectivity index (χ4v) is 2.99. The summed E-state index contributed by atoms with van der Waals surface area (Å²) in [6.45, 7) is 5.99. The van der Waals surface area contributed by atoms with Crippen LogP contribution < -0.4 is 5.32 Å². The Morgan fingerprint density at radius 3 is 2.83 bits per heavy atom. The zero-order valence-electron chi connectivity index (χ0n) is 13.7. The topological polar surface area (TPSA) is 73.6 Å². The van der Waals surface area contributed by atoms with E-state index in [1.165, 1.54) is 0 Å². The monoisotopic (exact) mass is 310 g/mol. The van der Waals surface area contributed by atoms with Gasteiger partial charge in [0.05, 0.1) is 12.1 Å². The molecule has 0 spiro atoms. The fraction of sp³-hybridized carbons (Fsp3) is 0.333. The summed E-state index contributed by atoms with van der Waals surface area (Å²) in [6, 6.07) is 10.1. The van der Waals surface area contributed by atoms with Crippen LogP contribution in [0.5, 0.6) is 0 Å². The summed E-state index contributed by atoms with van der Waals surface area (Å²) < 4.78 is 0. The highest BCUT2D eigenvalue weighted by atomic mass is 16.1. The summed E-state index contributed by atoms with van der Waals surface area (Å²) in [4.78, 5) is 15.7. The molecule has 120 valence electrons. The predicted octanol–water partition coefficient (Wildman–Crippen LogP) is 2.80. The Morgan fingerprint density at radius 1 is 1.30 bits per heavy atom. The first kappa shape index (κ1) is 15.3. The van der Waals surface area contributed by atoms with Gasteiger partial charge in [-0.1, -0.05) is 18.2 Å². The predicted molar refractivity (Wildman–Crippen MR) is 91.4 cm³/mol. The summed E-state index contributed by atoms with van der Waals surface area (Å²) in [6.07, 6.45) is 1.11. The zero-order chi connectivity index (χ0) is 16.4. The van der Waals surface area contributed by atoms with Crippen molar-refractivity contribution < 1.29 is 4.79 Å². The number of H-pyrrole nitrogens is 2. The lowest BCUT2D eigenvalue weighted by Crippen LogP contribution is -2.35. The highest BCUT2D eigenvalue weighted by molar-refractivity contribution is 5.90. The van der Waals surface area contributed by atoms with E-state index >= 15 is 0 Å². The number of para-hydroxylation sites is 1. The minimum atomic E-state index is 0.0395. The molecule has 5 heteroatoms. The average molecular weight is 310 g/mol. The number of nitrogens with zero attached hydrogens (tertiary/aromatic N) is 1. The lowest BCUT2D eigenvalue weighted by molar-refractivity contribution is -0.121. The second-order valence-corrected chi connectivity index (χ2v) is 6.17. The molecule has 3 aromatic rings. The molecule has 0 aliphatic carbocycles. The number of carbonyl (C=O) groups is 1. The minimum absolute atomic E-state index is 0.0395. The van der Waals surface area contributed by atoms with Gasteiger partial charge in [-0.3, -0.25) is 9.89 Å². The van der Waals surface area contributed by atoms with Crippen molar-refractivity contribution in [2.75, 3.05) is 0 Å². The van der Waals surface area contributed by atoms with Crippen LogP contribution in [-0.4, -0.2) is 27.1 Å². The molecule has 0 bridgehead atoms. The number of hydrogen-bond acceptors (Lipinski definition) is 2. The van der Waals surface area contributed by atoms with Crippen molar-refractivity contribution in [1.82, 2.24) is 20.5 Å². The van der Waals surface area contributed by atoms with E-state index in [2.05, 4.69) is 26.6 Å². The van der Waals surface area contributed by atoms with Crippen LogP contribution in [0.1, 0.15) is 29.6 Å². The molecule has 0 saturated carbocycles. The average Bonchev–Trinajstić information content (AvgIpc) is 3.03. The summed E-state index contributed by atoms with van der Waals surface area (Å²) >= 11 is 0. The lowest BCUT2D eigenvalue weighted by Gasteiger charge is -2.12. The third-order valence-corrected chi connectivity index (χ3v) is 4.05. The van der Waals surface area contributed by atoms with Crippen LogP contribution >= 0.6 is 0 Å². The van der Waals surface area contributed by atoms with Gasteiger partial charge in [-0.25, -0.2) is 0 Å². The summed E-state index contributed by atoms with van der Waals surface area (Å²) in [5, 5.41) is 11.3. The maximum atomic E-state index is 12.4. The van der Waals surface area contributed by atoms with E-state index < -0.39 is 0 Å². The van der Waals surface area contributed by atoms with Gasteiger partial charge in [0.25, 0.3) is 0 Å². The molecule has 23 heavy (non-hydrogen) atoms. The molecule has 1 aromatic carbocycles. The van der Waals surface area contributed by atoms with Crippen molar-refractivity contribution in [3.05, 3.63) is 53.0 Å². The standard InChI is InChI=1S/C18H22N4O/c1-11(8-14-9-12(2)21-22-14)19-18(23)10-16-13(3)20-17-7-5-4-6-15(16)17/h4-7,9,11,20H,8,10H2,1-3H3,(H,19,23)(H,21,22)/t11-/m1/s1. The number of benzene rings is 1. The largest absolute Gasteiger partial charge is 0.358 e. The van der Waals surface area contributed by atoms with Crippen molar-refractivity contribution in [3.63, 3.8) is 0 Å². The molecule has 0 unspecified atom stereocenters. The first-order valence-corrected chi connectivity index (χ1v) is 7.89. The molecular formula is C18H22N4O. The molecule has 0 saturated heterocycles. The Morgan fingerprint density at radius 2 is 2.09 bits per heavy atom. The summed E-state index contributed by atoms with van der Waals surface area (Å²) in [5.41, 5.74) is 5.21. The van der Waals surface area contributed by atoms with Crippen LogP contribution in [0.3, 0.4) is 0 Å². The molecule has 2 aromatic heterocycles. The van der Waals surface area contributed by atoms with Crippen LogP contribution in [0.15, 0.2) is 30.3 Å². The maximum absolute atomic E-state index is 12.4. The molecule has 1 amide bonds. The molecule has 0 fully saturated rings. The fourth-order valence-electron chi connectivity index (χ4n) is 2.99. The molecular weight excluding hydrogens is 288 g/mol. The van der Waals surface area contributed by atoms with Crippen LogP contribution in [-0.2, 0) is 17.6 Å². The van der Waals surface area contributed by atoms with Crippen molar-refractivity contribution in [2.24, 2.45) is 0 Å². The van der Waals surface area contributed by atoms with Gasteiger partial charge in [-0.2, -0.15) is 5.10 Å². The molecule has 2 heterocycles. The van der Waals surface area contributed by atoms with Crippen LogP contribution in [0, 0.1) is 13.8 Å². The number of nitrogens with one attached hydrogen (secondary N) is 3. The Balaban J connectivity index is 1.65. The van der Waals surface area contributed by atoms with Gasteiger partial charge in [-0.05, 0) is 38.5 Å². The normalized spacial score (nSPS) is 12.5. The highest BCUT2D eigenvalue weighted by Crippen LogP contribution is 2.22. The van der Waals surface area contributed by atoms with Gasteiger partial charge >= 0.3 is 0 Å². The second kappa shape index (κ2) is 6.28. The maximum Gasteiger partial charge on any atom is 0.224 e. The zero-order valence-corrected chi connectivity index (χ0v) is 13.7. The van der Waals surface area contributed by atoms with Crippen molar-refractivity contribution in [2.45, 2.75) is 39.7 Å². The smallest absolute Gasteiger partial charge is 0.224 e. The first-order valence-electron chi connectivity index (χ1n) is 7.89. The van der Waals surface area contributed by atoms with E-state index in [4.69, 9.17) is 0 Å². The van der Waals surface area contributed by atoms with Crippen LogP contribution in [0.25, 0.3) is 10.9 Å². The molecule has 0 aliphatic rings. The van der Waals surface area contributed by atoms with E-state index in [0.717, 1.165) is 40.0 Å². The van der Waals surface area contributed by atoms with E-state index in [0.29, 0.717) is 6.42 Å². The number of hydrogen-bond donors (Lipinski definition) is 3. The van der Waals surface area contributed by atoms with Gasteiger partial charge in [0, 0.05) is 34.8 Å². The van der Waals surface area contributed by atoms with Crippen molar-refractivity contribution >= 4 is 16.8 Å². The Bertz CT molecular complexity index is 831. The quantitative estimate of drug-likeness (QED) is 0.678.